The normalized spacial score (nSPS) is 23.4. The maximum Gasteiger partial charge on any atom is 0.236 e. The lowest BCUT2D eigenvalue weighted by Gasteiger charge is -2.42. The number of piperidine rings is 1. The minimum Gasteiger partial charge on any atom is -0.353 e. The molecule has 1 aliphatic carbocycles. The van der Waals surface area contributed by atoms with Gasteiger partial charge in [-0.15, -0.1) is 0 Å². The van der Waals surface area contributed by atoms with E-state index >= 15 is 0 Å². The van der Waals surface area contributed by atoms with Crippen molar-refractivity contribution in [3.8, 4) is 0 Å². The molecule has 2 rings (SSSR count). The summed E-state index contributed by atoms with van der Waals surface area (Å²) in [7, 11) is 3.57. The topological polar surface area (TPSA) is 52.7 Å². The summed E-state index contributed by atoms with van der Waals surface area (Å²) in [5, 5.41) is 3.19. The van der Waals surface area contributed by atoms with E-state index in [0.29, 0.717) is 12.0 Å². The van der Waals surface area contributed by atoms with Crippen LogP contribution in [-0.4, -0.2) is 61.4 Å². The second-order valence-corrected chi connectivity index (χ2v) is 7.62. The van der Waals surface area contributed by atoms with Crippen molar-refractivity contribution in [2.75, 3.05) is 33.7 Å². The van der Waals surface area contributed by atoms with Crippen LogP contribution in [0.1, 0.15) is 39.5 Å². The van der Waals surface area contributed by atoms with Gasteiger partial charge < -0.3 is 10.2 Å². The van der Waals surface area contributed by atoms with Crippen LogP contribution in [0.15, 0.2) is 0 Å². The Morgan fingerprint density at radius 1 is 1.19 bits per heavy atom. The molecule has 2 aliphatic rings. The van der Waals surface area contributed by atoms with Crippen LogP contribution in [0.3, 0.4) is 0 Å². The van der Waals surface area contributed by atoms with Crippen molar-refractivity contribution < 1.29 is 9.59 Å². The highest BCUT2D eigenvalue weighted by Gasteiger charge is 2.40. The number of nitrogens with zero attached hydrogens (tertiary/aromatic N) is 2. The van der Waals surface area contributed by atoms with Crippen LogP contribution in [0.5, 0.6) is 0 Å². The van der Waals surface area contributed by atoms with Gasteiger partial charge in [0.25, 0.3) is 0 Å². The SMILES string of the molecule is CN(C)C(=O)CN1CCC(NC(=O)C2CC(C)(C)C2)CC1. The molecular formula is C16H29N3O2. The van der Waals surface area contributed by atoms with E-state index in [-0.39, 0.29) is 23.8 Å². The Balaban J connectivity index is 1.67. The summed E-state index contributed by atoms with van der Waals surface area (Å²) in [4.78, 5) is 27.6. The summed E-state index contributed by atoms with van der Waals surface area (Å²) < 4.78 is 0. The molecule has 5 heteroatoms. The predicted octanol–water partition coefficient (Wildman–Crippen LogP) is 1.09. The van der Waals surface area contributed by atoms with Gasteiger partial charge in [0.2, 0.25) is 11.8 Å². The zero-order valence-electron chi connectivity index (χ0n) is 13.8. The van der Waals surface area contributed by atoms with E-state index in [4.69, 9.17) is 0 Å². The Bertz CT molecular complexity index is 390. The maximum atomic E-state index is 12.1. The largest absolute Gasteiger partial charge is 0.353 e. The van der Waals surface area contributed by atoms with Crippen molar-refractivity contribution in [2.45, 2.75) is 45.6 Å². The molecule has 1 saturated heterocycles. The number of hydrogen-bond donors (Lipinski definition) is 1. The van der Waals surface area contributed by atoms with Gasteiger partial charge in [0.1, 0.15) is 0 Å². The summed E-state index contributed by atoms with van der Waals surface area (Å²) in [6.07, 6.45) is 3.91. The smallest absolute Gasteiger partial charge is 0.236 e. The number of amides is 2. The van der Waals surface area contributed by atoms with E-state index in [1.54, 1.807) is 19.0 Å². The molecule has 5 nitrogen and oxygen atoms in total. The summed E-state index contributed by atoms with van der Waals surface area (Å²) in [6, 6.07) is 0.284. The molecule has 1 N–H and O–H groups in total. The van der Waals surface area contributed by atoms with E-state index in [0.717, 1.165) is 38.8 Å². The minimum absolute atomic E-state index is 0.147. The Hall–Kier alpha value is -1.10. The molecule has 120 valence electrons. The van der Waals surface area contributed by atoms with Crippen LogP contribution in [-0.2, 0) is 9.59 Å². The molecule has 0 aromatic heterocycles. The number of nitrogens with one attached hydrogen (secondary N) is 1. The number of carbonyl (C=O) groups excluding carboxylic acids is 2. The average Bonchev–Trinajstić information content (AvgIpc) is 2.37. The maximum absolute atomic E-state index is 12.1. The van der Waals surface area contributed by atoms with E-state index in [2.05, 4.69) is 24.1 Å². The molecule has 1 heterocycles. The van der Waals surface area contributed by atoms with Crippen molar-refractivity contribution in [2.24, 2.45) is 11.3 Å². The third-order valence-electron chi connectivity index (χ3n) is 4.76. The molecule has 2 amide bonds. The van der Waals surface area contributed by atoms with Crippen LogP contribution in [0, 0.1) is 11.3 Å². The fourth-order valence-corrected chi connectivity index (χ4v) is 3.35. The van der Waals surface area contributed by atoms with Crippen LogP contribution in [0.2, 0.25) is 0 Å². The van der Waals surface area contributed by atoms with Crippen molar-refractivity contribution in [3.05, 3.63) is 0 Å². The first-order valence-corrected chi connectivity index (χ1v) is 8.00. The van der Waals surface area contributed by atoms with Gasteiger partial charge in [0.15, 0.2) is 0 Å². The summed E-state index contributed by atoms with van der Waals surface area (Å²) in [5.74, 6) is 0.597. The lowest BCUT2D eigenvalue weighted by atomic mass is 9.64. The first-order valence-electron chi connectivity index (χ1n) is 8.00. The Labute approximate surface area is 128 Å². The van der Waals surface area contributed by atoms with Crippen LogP contribution < -0.4 is 5.32 Å². The molecule has 0 aromatic rings. The molecule has 21 heavy (non-hydrogen) atoms. The van der Waals surface area contributed by atoms with Gasteiger partial charge in [-0.05, 0) is 31.1 Å². The zero-order chi connectivity index (χ0) is 15.6. The molecule has 0 atom stereocenters. The Kier molecular flexibility index (Phi) is 4.91. The van der Waals surface area contributed by atoms with Crippen LogP contribution in [0.4, 0.5) is 0 Å². The van der Waals surface area contributed by atoms with Crippen molar-refractivity contribution in [3.63, 3.8) is 0 Å². The minimum atomic E-state index is 0.147. The van der Waals surface area contributed by atoms with E-state index < -0.39 is 0 Å². The van der Waals surface area contributed by atoms with Crippen molar-refractivity contribution in [1.82, 2.24) is 15.1 Å². The van der Waals surface area contributed by atoms with E-state index in [1.807, 2.05) is 0 Å². The highest BCUT2D eigenvalue weighted by atomic mass is 16.2. The first-order chi connectivity index (χ1) is 9.77. The number of rotatable bonds is 4. The number of likely N-dealkylation sites (tertiary alicyclic amines) is 1. The summed E-state index contributed by atoms with van der Waals surface area (Å²) in [6.45, 7) is 6.71. The van der Waals surface area contributed by atoms with Crippen LogP contribution >= 0.6 is 0 Å². The van der Waals surface area contributed by atoms with Gasteiger partial charge in [-0.2, -0.15) is 0 Å². The van der Waals surface area contributed by atoms with Gasteiger partial charge in [-0.3, -0.25) is 14.5 Å². The fraction of sp³-hybridized carbons (Fsp3) is 0.875. The molecule has 1 saturated carbocycles. The number of likely N-dealkylation sites (N-methyl/N-ethyl adjacent to an activating group) is 1. The highest BCUT2D eigenvalue weighted by Crippen LogP contribution is 2.44. The fourth-order valence-electron chi connectivity index (χ4n) is 3.35. The standard InChI is InChI=1S/C16H29N3O2/c1-16(2)9-12(10-16)15(21)17-13-5-7-19(8-6-13)11-14(20)18(3)4/h12-13H,5-11H2,1-4H3,(H,17,21). The molecule has 2 fully saturated rings. The molecule has 0 aromatic carbocycles. The lowest BCUT2D eigenvalue weighted by Crippen LogP contribution is -2.50. The number of carbonyl (C=O) groups is 2. The first kappa shape index (κ1) is 16.3. The van der Waals surface area contributed by atoms with Crippen LogP contribution in [0.25, 0.3) is 0 Å². The van der Waals surface area contributed by atoms with E-state index in [9.17, 15) is 9.59 Å². The Morgan fingerprint density at radius 3 is 2.24 bits per heavy atom. The summed E-state index contributed by atoms with van der Waals surface area (Å²) in [5.41, 5.74) is 0.345. The zero-order valence-corrected chi connectivity index (χ0v) is 13.8. The molecular weight excluding hydrogens is 266 g/mol. The van der Waals surface area contributed by atoms with Crippen molar-refractivity contribution in [1.29, 1.82) is 0 Å². The average molecular weight is 295 g/mol. The highest BCUT2D eigenvalue weighted by molar-refractivity contribution is 5.80. The van der Waals surface area contributed by atoms with Gasteiger partial charge in [0.05, 0.1) is 6.54 Å². The Morgan fingerprint density at radius 2 is 1.76 bits per heavy atom. The predicted molar refractivity (Wildman–Crippen MR) is 82.8 cm³/mol. The number of hydrogen-bond acceptors (Lipinski definition) is 3. The molecule has 0 spiro atoms. The third kappa shape index (κ3) is 4.43. The lowest BCUT2D eigenvalue weighted by molar-refractivity contribution is -0.133. The monoisotopic (exact) mass is 295 g/mol. The third-order valence-corrected chi connectivity index (χ3v) is 4.76. The molecule has 1 aliphatic heterocycles. The van der Waals surface area contributed by atoms with Gasteiger partial charge in [-0.1, -0.05) is 13.8 Å². The van der Waals surface area contributed by atoms with Gasteiger partial charge in [0, 0.05) is 39.1 Å². The van der Waals surface area contributed by atoms with Crippen molar-refractivity contribution >= 4 is 11.8 Å². The molecule has 0 bridgehead atoms. The summed E-state index contributed by atoms with van der Waals surface area (Å²) >= 11 is 0. The second-order valence-electron chi connectivity index (χ2n) is 7.62. The van der Waals surface area contributed by atoms with Gasteiger partial charge in [-0.25, -0.2) is 0 Å². The molecule has 0 unspecified atom stereocenters. The quantitative estimate of drug-likeness (QED) is 0.845. The second kappa shape index (κ2) is 6.34. The van der Waals surface area contributed by atoms with E-state index in [1.165, 1.54) is 0 Å². The molecule has 0 radical (unpaired) electrons. The van der Waals surface area contributed by atoms with Gasteiger partial charge >= 0.3 is 0 Å².